The lowest BCUT2D eigenvalue weighted by molar-refractivity contribution is -0.137. The Kier molecular flexibility index (Phi) is 6.91. The summed E-state index contributed by atoms with van der Waals surface area (Å²) in [6.07, 6.45) is -1.65. The van der Waals surface area contributed by atoms with Gasteiger partial charge in [-0.2, -0.15) is 18.3 Å². The first-order valence-electron chi connectivity index (χ1n) is 7.95. The molecule has 2 rings (SSSR count). The molecule has 0 saturated heterocycles. The molecule has 0 atom stereocenters. The Morgan fingerprint density at radius 2 is 1.82 bits per heavy atom. The highest BCUT2D eigenvalue weighted by atomic mass is 19.4. The fraction of sp³-hybridized carbons (Fsp3) is 0.105. The summed E-state index contributed by atoms with van der Waals surface area (Å²) in [5, 5.41) is 5.71. The van der Waals surface area contributed by atoms with Gasteiger partial charge in [0.15, 0.2) is 0 Å². The molecule has 0 aliphatic carbocycles. The molecule has 6 nitrogen and oxygen atoms in total. The van der Waals surface area contributed by atoms with Gasteiger partial charge >= 0.3 is 18.0 Å². The largest absolute Gasteiger partial charge is 0.490 e. The minimum atomic E-state index is -4.56. The first kappa shape index (κ1) is 20.7. The highest BCUT2D eigenvalue weighted by molar-refractivity contribution is 6.39. The second-order valence-corrected chi connectivity index (χ2v) is 5.40. The minimum Gasteiger partial charge on any atom is -0.490 e. The van der Waals surface area contributed by atoms with Crippen LogP contribution < -0.4 is 15.5 Å². The number of hydrogen-bond donors (Lipinski definition) is 2. The zero-order chi connectivity index (χ0) is 20.6. The van der Waals surface area contributed by atoms with Crippen LogP contribution in [-0.2, 0) is 15.8 Å². The number of ether oxygens (including phenoxy) is 1. The summed E-state index contributed by atoms with van der Waals surface area (Å²) >= 11 is 0. The third-order valence-electron chi connectivity index (χ3n) is 3.28. The van der Waals surface area contributed by atoms with Crippen LogP contribution in [0.2, 0.25) is 0 Å². The molecule has 2 N–H and O–H groups in total. The monoisotopic (exact) mass is 391 g/mol. The van der Waals surface area contributed by atoms with Crippen LogP contribution in [0.25, 0.3) is 0 Å². The third-order valence-corrected chi connectivity index (χ3v) is 3.28. The third kappa shape index (κ3) is 6.27. The van der Waals surface area contributed by atoms with Crippen molar-refractivity contribution in [1.82, 2.24) is 5.43 Å². The number of carbonyl (C=O) groups excluding carboxylic acids is 2. The van der Waals surface area contributed by atoms with E-state index in [0.29, 0.717) is 17.9 Å². The number of alkyl halides is 3. The Balaban J connectivity index is 1.89. The van der Waals surface area contributed by atoms with Crippen molar-refractivity contribution in [3.8, 4) is 5.75 Å². The van der Waals surface area contributed by atoms with Crippen molar-refractivity contribution in [2.75, 3.05) is 11.9 Å². The van der Waals surface area contributed by atoms with Crippen LogP contribution in [0.1, 0.15) is 11.1 Å². The average molecular weight is 391 g/mol. The van der Waals surface area contributed by atoms with Gasteiger partial charge < -0.3 is 10.1 Å². The Labute approximate surface area is 158 Å². The quantitative estimate of drug-likeness (QED) is 0.343. The van der Waals surface area contributed by atoms with E-state index in [1.165, 1.54) is 12.3 Å². The molecular weight excluding hydrogens is 375 g/mol. The van der Waals surface area contributed by atoms with Gasteiger partial charge in [-0.05, 0) is 48.0 Å². The number of hydrazone groups is 1. The summed E-state index contributed by atoms with van der Waals surface area (Å²) in [4.78, 5) is 23.5. The summed E-state index contributed by atoms with van der Waals surface area (Å²) in [7, 11) is 0. The van der Waals surface area contributed by atoms with E-state index in [4.69, 9.17) is 4.74 Å². The second kappa shape index (κ2) is 9.36. The topological polar surface area (TPSA) is 79.8 Å². The SMILES string of the molecule is C=CCOc1ccc(/C=N\NC(=O)C(=O)Nc2cccc(C(F)(F)F)c2)cc1. The molecule has 0 aliphatic rings. The fourth-order valence-electron chi connectivity index (χ4n) is 1.98. The number of halogens is 3. The maximum atomic E-state index is 12.7. The minimum absolute atomic E-state index is 0.158. The van der Waals surface area contributed by atoms with Crippen molar-refractivity contribution in [2.45, 2.75) is 6.18 Å². The molecule has 146 valence electrons. The van der Waals surface area contributed by atoms with E-state index >= 15 is 0 Å². The lowest BCUT2D eigenvalue weighted by Crippen LogP contribution is -2.32. The molecule has 0 aromatic heterocycles. The van der Waals surface area contributed by atoms with Gasteiger partial charge in [0.25, 0.3) is 0 Å². The van der Waals surface area contributed by atoms with Gasteiger partial charge in [-0.25, -0.2) is 5.43 Å². The van der Waals surface area contributed by atoms with Crippen LogP contribution in [0, 0.1) is 0 Å². The maximum Gasteiger partial charge on any atom is 0.416 e. The lowest BCUT2D eigenvalue weighted by Gasteiger charge is -2.09. The van der Waals surface area contributed by atoms with E-state index in [9.17, 15) is 22.8 Å². The summed E-state index contributed by atoms with van der Waals surface area (Å²) < 4.78 is 43.3. The van der Waals surface area contributed by atoms with E-state index in [1.54, 1.807) is 30.3 Å². The number of rotatable bonds is 6. The number of nitrogens with one attached hydrogen (secondary N) is 2. The first-order valence-corrected chi connectivity index (χ1v) is 7.95. The van der Waals surface area contributed by atoms with Crippen molar-refractivity contribution in [1.29, 1.82) is 0 Å². The number of carbonyl (C=O) groups is 2. The Hall–Kier alpha value is -3.62. The number of anilines is 1. The average Bonchev–Trinajstić information content (AvgIpc) is 2.66. The zero-order valence-corrected chi connectivity index (χ0v) is 14.5. The summed E-state index contributed by atoms with van der Waals surface area (Å²) in [6.45, 7) is 3.90. The van der Waals surface area contributed by atoms with E-state index in [2.05, 4.69) is 17.0 Å². The van der Waals surface area contributed by atoms with Crippen molar-refractivity contribution >= 4 is 23.7 Å². The lowest BCUT2D eigenvalue weighted by atomic mass is 10.2. The molecule has 28 heavy (non-hydrogen) atoms. The van der Waals surface area contributed by atoms with E-state index in [-0.39, 0.29) is 5.69 Å². The molecule has 2 amide bonds. The van der Waals surface area contributed by atoms with E-state index in [1.807, 2.05) is 5.43 Å². The maximum absolute atomic E-state index is 12.7. The highest BCUT2D eigenvalue weighted by Gasteiger charge is 2.30. The van der Waals surface area contributed by atoms with Crippen LogP contribution in [0.5, 0.6) is 5.75 Å². The molecule has 0 aliphatic heterocycles. The molecule has 0 spiro atoms. The van der Waals surface area contributed by atoms with Gasteiger partial charge in [0, 0.05) is 5.69 Å². The van der Waals surface area contributed by atoms with Crippen molar-refractivity contribution in [2.24, 2.45) is 5.10 Å². The first-order chi connectivity index (χ1) is 13.3. The van der Waals surface area contributed by atoms with Crippen LogP contribution in [-0.4, -0.2) is 24.6 Å². The van der Waals surface area contributed by atoms with E-state index < -0.39 is 23.6 Å². The summed E-state index contributed by atoms with van der Waals surface area (Å²) in [6, 6.07) is 10.7. The summed E-state index contributed by atoms with van der Waals surface area (Å²) in [5.74, 6) is -1.65. The van der Waals surface area contributed by atoms with Gasteiger partial charge in [-0.15, -0.1) is 0 Å². The van der Waals surface area contributed by atoms with Gasteiger partial charge in [0.2, 0.25) is 0 Å². The van der Waals surface area contributed by atoms with Gasteiger partial charge in [-0.3, -0.25) is 9.59 Å². The standard InChI is InChI=1S/C19H16F3N3O3/c1-2-10-28-16-8-6-13(7-9-16)12-23-25-18(27)17(26)24-15-5-3-4-14(11-15)19(20,21)22/h2-9,11-12H,1,10H2,(H,24,26)(H,25,27)/b23-12-. The molecule has 9 heteroatoms. The molecule has 0 saturated carbocycles. The number of amides is 2. The van der Waals surface area contributed by atoms with Crippen LogP contribution in [0.15, 0.2) is 66.3 Å². The summed E-state index contributed by atoms with van der Waals surface area (Å²) in [5.41, 5.74) is 1.53. The van der Waals surface area contributed by atoms with Crippen molar-refractivity contribution in [3.05, 3.63) is 72.3 Å². The van der Waals surface area contributed by atoms with Gasteiger partial charge in [0.1, 0.15) is 12.4 Å². The Morgan fingerprint density at radius 3 is 2.46 bits per heavy atom. The molecule has 0 unspecified atom stereocenters. The molecule has 0 heterocycles. The highest BCUT2D eigenvalue weighted by Crippen LogP contribution is 2.30. The van der Waals surface area contributed by atoms with Gasteiger partial charge in [0.05, 0.1) is 11.8 Å². The smallest absolute Gasteiger partial charge is 0.416 e. The number of nitrogens with zero attached hydrogens (tertiary/aromatic N) is 1. The van der Waals surface area contributed by atoms with Crippen LogP contribution in [0.4, 0.5) is 18.9 Å². The zero-order valence-electron chi connectivity index (χ0n) is 14.5. The predicted octanol–water partition coefficient (Wildman–Crippen LogP) is 3.36. The molecule has 2 aromatic carbocycles. The van der Waals surface area contributed by atoms with Crippen molar-refractivity contribution < 1.29 is 27.5 Å². The molecule has 0 bridgehead atoms. The molecule has 0 radical (unpaired) electrons. The predicted molar refractivity (Wildman–Crippen MR) is 97.9 cm³/mol. The molecular formula is C19H16F3N3O3. The number of benzene rings is 2. The Morgan fingerprint density at radius 1 is 1.11 bits per heavy atom. The fourth-order valence-corrected chi connectivity index (χ4v) is 1.98. The van der Waals surface area contributed by atoms with E-state index in [0.717, 1.165) is 18.2 Å². The molecule has 0 fully saturated rings. The Bertz CT molecular complexity index is 878. The van der Waals surface area contributed by atoms with Crippen molar-refractivity contribution in [3.63, 3.8) is 0 Å². The second-order valence-electron chi connectivity index (χ2n) is 5.40. The van der Waals surface area contributed by atoms with Gasteiger partial charge in [-0.1, -0.05) is 18.7 Å². The van der Waals surface area contributed by atoms with Crippen LogP contribution >= 0.6 is 0 Å². The molecule has 2 aromatic rings. The number of hydrogen-bond acceptors (Lipinski definition) is 4. The van der Waals surface area contributed by atoms with Crippen LogP contribution in [0.3, 0.4) is 0 Å². The normalized spacial score (nSPS) is 11.1.